The molecule has 3 N–H and O–H groups in total. The lowest BCUT2D eigenvalue weighted by Crippen LogP contribution is -2.39. The zero-order valence-corrected chi connectivity index (χ0v) is 5.70. The third-order valence-corrected chi connectivity index (χ3v) is 1.13. The van der Waals surface area contributed by atoms with Crippen LogP contribution in [0.1, 0.15) is 6.42 Å². The molecule has 0 spiro atoms. The van der Waals surface area contributed by atoms with Crippen LogP contribution in [0, 0.1) is 0 Å². The van der Waals surface area contributed by atoms with Crippen molar-refractivity contribution < 1.29 is 13.2 Å². The van der Waals surface area contributed by atoms with Gasteiger partial charge in [-0.05, 0) is 20.0 Å². The van der Waals surface area contributed by atoms with Crippen molar-refractivity contribution >= 4 is 0 Å². The summed E-state index contributed by atoms with van der Waals surface area (Å²) in [5.41, 5.74) is 4.77. The predicted octanol–water partition coefficient (Wildman–Crippen LogP) is 0.485. The standard InChI is InChI=1S/C5H11F3N2/c1-10-3-2-4(9)5(6,7)8/h4,10H,2-3,9H2,1H3. The molecule has 0 aliphatic carbocycles. The topological polar surface area (TPSA) is 38.0 Å². The van der Waals surface area contributed by atoms with Gasteiger partial charge >= 0.3 is 6.18 Å². The van der Waals surface area contributed by atoms with E-state index in [2.05, 4.69) is 5.32 Å². The van der Waals surface area contributed by atoms with Gasteiger partial charge in [-0.1, -0.05) is 0 Å². The van der Waals surface area contributed by atoms with Crippen LogP contribution < -0.4 is 11.1 Å². The zero-order chi connectivity index (χ0) is 8.20. The van der Waals surface area contributed by atoms with Crippen molar-refractivity contribution in [1.29, 1.82) is 0 Å². The highest BCUT2D eigenvalue weighted by Gasteiger charge is 2.35. The van der Waals surface area contributed by atoms with E-state index in [0.717, 1.165) is 0 Å². The molecule has 0 aromatic heterocycles. The molecule has 0 aromatic carbocycles. The van der Waals surface area contributed by atoms with Gasteiger partial charge in [-0.3, -0.25) is 0 Å². The molecule has 0 aliphatic rings. The monoisotopic (exact) mass is 156 g/mol. The zero-order valence-electron chi connectivity index (χ0n) is 5.70. The molecule has 1 atom stereocenters. The van der Waals surface area contributed by atoms with Crippen LogP contribution in [0.4, 0.5) is 13.2 Å². The largest absolute Gasteiger partial charge is 0.403 e. The van der Waals surface area contributed by atoms with Crippen LogP contribution in [-0.2, 0) is 0 Å². The highest BCUT2D eigenvalue weighted by molar-refractivity contribution is 4.70. The summed E-state index contributed by atoms with van der Waals surface area (Å²) < 4.78 is 34.9. The average molecular weight is 156 g/mol. The van der Waals surface area contributed by atoms with E-state index in [1.807, 2.05) is 0 Å². The number of nitrogens with two attached hydrogens (primary N) is 1. The number of nitrogens with one attached hydrogen (secondary N) is 1. The van der Waals surface area contributed by atoms with Crippen molar-refractivity contribution in [2.24, 2.45) is 5.73 Å². The summed E-state index contributed by atoms with van der Waals surface area (Å²) in [6.45, 7) is 0.292. The van der Waals surface area contributed by atoms with Gasteiger partial charge in [-0.25, -0.2) is 0 Å². The second-order valence-corrected chi connectivity index (χ2v) is 2.04. The first kappa shape index (κ1) is 9.71. The number of hydrogen-bond acceptors (Lipinski definition) is 2. The van der Waals surface area contributed by atoms with Crippen LogP contribution in [0.25, 0.3) is 0 Å². The Balaban J connectivity index is 3.52. The van der Waals surface area contributed by atoms with Crippen molar-refractivity contribution in [2.45, 2.75) is 18.6 Å². The summed E-state index contributed by atoms with van der Waals surface area (Å²) in [5.74, 6) is 0. The highest BCUT2D eigenvalue weighted by atomic mass is 19.4. The van der Waals surface area contributed by atoms with E-state index in [1.165, 1.54) is 0 Å². The Morgan fingerprint density at radius 3 is 2.30 bits per heavy atom. The van der Waals surface area contributed by atoms with E-state index in [-0.39, 0.29) is 6.42 Å². The maximum absolute atomic E-state index is 11.6. The van der Waals surface area contributed by atoms with Crippen LogP contribution in [0.3, 0.4) is 0 Å². The summed E-state index contributed by atoms with van der Waals surface area (Å²) in [7, 11) is 1.59. The quantitative estimate of drug-likeness (QED) is 0.624. The van der Waals surface area contributed by atoms with Gasteiger partial charge in [0.05, 0.1) is 0 Å². The maximum atomic E-state index is 11.6. The Labute approximate surface area is 57.6 Å². The second-order valence-electron chi connectivity index (χ2n) is 2.04. The minimum Gasteiger partial charge on any atom is -0.320 e. The molecule has 0 heterocycles. The molecule has 0 aromatic rings. The molecular weight excluding hydrogens is 145 g/mol. The van der Waals surface area contributed by atoms with Crippen molar-refractivity contribution in [3.63, 3.8) is 0 Å². The SMILES string of the molecule is CNCCC(N)C(F)(F)F. The molecule has 0 rings (SSSR count). The van der Waals surface area contributed by atoms with Crippen LogP contribution in [0.15, 0.2) is 0 Å². The normalized spacial score (nSPS) is 15.3. The van der Waals surface area contributed by atoms with Gasteiger partial charge in [-0.2, -0.15) is 13.2 Å². The Morgan fingerprint density at radius 2 is 2.00 bits per heavy atom. The predicted molar refractivity (Wildman–Crippen MR) is 32.6 cm³/mol. The van der Waals surface area contributed by atoms with Crippen molar-refractivity contribution in [3.05, 3.63) is 0 Å². The van der Waals surface area contributed by atoms with Gasteiger partial charge in [0.1, 0.15) is 6.04 Å². The Kier molecular flexibility index (Phi) is 3.67. The molecular formula is C5H11F3N2. The second kappa shape index (κ2) is 3.78. The van der Waals surface area contributed by atoms with Crippen LogP contribution in [0.2, 0.25) is 0 Å². The summed E-state index contributed by atoms with van der Waals surface area (Å²) >= 11 is 0. The Hall–Kier alpha value is -0.290. The minimum atomic E-state index is -4.25. The average Bonchev–Trinajstić information content (AvgIpc) is 1.80. The summed E-state index contributed by atoms with van der Waals surface area (Å²) in [4.78, 5) is 0. The number of alkyl halides is 3. The van der Waals surface area contributed by atoms with E-state index in [4.69, 9.17) is 5.73 Å². The fraction of sp³-hybridized carbons (Fsp3) is 1.00. The van der Waals surface area contributed by atoms with Gasteiger partial charge in [0, 0.05) is 0 Å². The van der Waals surface area contributed by atoms with Gasteiger partial charge in [0.2, 0.25) is 0 Å². The molecule has 0 bridgehead atoms. The van der Waals surface area contributed by atoms with E-state index < -0.39 is 12.2 Å². The van der Waals surface area contributed by atoms with E-state index in [9.17, 15) is 13.2 Å². The van der Waals surface area contributed by atoms with E-state index in [1.54, 1.807) is 7.05 Å². The molecule has 62 valence electrons. The van der Waals surface area contributed by atoms with Crippen LogP contribution in [0.5, 0.6) is 0 Å². The maximum Gasteiger partial charge on any atom is 0.403 e. The minimum absolute atomic E-state index is 0.0694. The molecule has 0 aliphatic heterocycles. The third kappa shape index (κ3) is 3.68. The smallest absolute Gasteiger partial charge is 0.320 e. The molecule has 0 saturated carbocycles. The Morgan fingerprint density at radius 1 is 1.50 bits per heavy atom. The molecule has 0 fully saturated rings. The lowest BCUT2D eigenvalue weighted by molar-refractivity contribution is -0.148. The third-order valence-electron chi connectivity index (χ3n) is 1.13. The highest BCUT2D eigenvalue weighted by Crippen LogP contribution is 2.19. The molecule has 2 nitrogen and oxygen atoms in total. The number of rotatable bonds is 3. The first-order valence-electron chi connectivity index (χ1n) is 2.95. The first-order valence-corrected chi connectivity index (χ1v) is 2.95. The fourth-order valence-corrected chi connectivity index (χ4v) is 0.464. The van der Waals surface area contributed by atoms with Crippen LogP contribution >= 0.6 is 0 Å². The van der Waals surface area contributed by atoms with E-state index >= 15 is 0 Å². The van der Waals surface area contributed by atoms with Crippen molar-refractivity contribution in [3.8, 4) is 0 Å². The summed E-state index contributed by atoms with van der Waals surface area (Å²) in [5, 5.41) is 2.59. The molecule has 0 amide bonds. The summed E-state index contributed by atoms with van der Waals surface area (Å²) in [6.07, 6.45) is -4.32. The molecule has 0 radical (unpaired) electrons. The van der Waals surface area contributed by atoms with E-state index in [0.29, 0.717) is 6.54 Å². The van der Waals surface area contributed by atoms with Crippen molar-refractivity contribution in [1.82, 2.24) is 5.32 Å². The first-order chi connectivity index (χ1) is 4.48. The molecule has 5 heteroatoms. The number of hydrogen-bond donors (Lipinski definition) is 2. The molecule has 10 heavy (non-hydrogen) atoms. The van der Waals surface area contributed by atoms with Gasteiger partial charge < -0.3 is 11.1 Å². The summed E-state index contributed by atoms with van der Waals surface area (Å²) in [6, 6.07) is -1.69. The van der Waals surface area contributed by atoms with Crippen molar-refractivity contribution in [2.75, 3.05) is 13.6 Å². The van der Waals surface area contributed by atoms with Gasteiger partial charge in [-0.15, -0.1) is 0 Å². The van der Waals surface area contributed by atoms with Gasteiger partial charge in [0.25, 0.3) is 0 Å². The Bertz CT molecular complexity index is 91.4. The fourth-order valence-electron chi connectivity index (χ4n) is 0.464. The lowest BCUT2D eigenvalue weighted by atomic mass is 10.2. The molecule has 0 saturated heterocycles. The molecule has 1 unspecified atom stereocenters. The number of halogens is 3. The van der Waals surface area contributed by atoms with Crippen LogP contribution in [-0.4, -0.2) is 25.8 Å². The lowest BCUT2D eigenvalue weighted by Gasteiger charge is -2.14. The van der Waals surface area contributed by atoms with Gasteiger partial charge in [0.15, 0.2) is 0 Å².